The van der Waals surface area contributed by atoms with E-state index in [9.17, 15) is 8.42 Å². The van der Waals surface area contributed by atoms with E-state index in [4.69, 9.17) is 9.47 Å². The van der Waals surface area contributed by atoms with Crippen molar-refractivity contribution in [1.82, 2.24) is 4.31 Å². The first-order chi connectivity index (χ1) is 9.35. The van der Waals surface area contributed by atoms with Gasteiger partial charge >= 0.3 is 0 Å². The second-order valence-electron chi connectivity index (χ2n) is 5.34. The highest BCUT2D eigenvalue weighted by atomic mass is 32.2. The molecule has 1 saturated heterocycles. The average Bonchev–Trinajstić information content (AvgIpc) is 2.83. The minimum absolute atomic E-state index is 0.341. The average molecular weight is 299 g/mol. The number of ether oxygens (including phenoxy) is 2. The fourth-order valence-electron chi connectivity index (χ4n) is 2.28. The van der Waals surface area contributed by atoms with Gasteiger partial charge in [0.1, 0.15) is 18.0 Å². The van der Waals surface area contributed by atoms with Crippen LogP contribution in [0.15, 0.2) is 24.3 Å². The molecule has 112 valence electrons. The van der Waals surface area contributed by atoms with E-state index in [0.29, 0.717) is 26.1 Å². The van der Waals surface area contributed by atoms with Gasteiger partial charge in [0, 0.05) is 20.2 Å². The van der Waals surface area contributed by atoms with Gasteiger partial charge in [-0.25, -0.2) is 8.42 Å². The maximum Gasteiger partial charge on any atom is 0.211 e. The summed E-state index contributed by atoms with van der Waals surface area (Å²) in [6, 6.07) is 7.77. The van der Waals surface area contributed by atoms with Crippen molar-refractivity contribution in [1.29, 1.82) is 0 Å². The Labute approximate surface area is 120 Å². The van der Waals surface area contributed by atoms with Crippen LogP contribution < -0.4 is 4.74 Å². The van der Waals surface area contributed by atoms with Crippen molar-refractivity contribution in [3.8, 4) is 5.75 Å². The number of methoxy groups -OCH3 is 1. The Kier molecular flexibility index (Phi) is 4.36. The van der Waals surface area contributed by atoms with E-state index in [1.807, 2.05) is 31.2 Å². The van der Waals surface area contributed by atoms with Crippen molar-refractivity contribution >= 4 is 10.0 Å². The SMILES string of the molecule is CO[C@@]1(COc2ccc(C)cc2)CCN(S(C)(=O)=O)C1. The van der Waals surface area contributed by atoms with Crippen molar-refractivity contribution in [3.05, 3.63) is 29.8 Å². The minimum Gasteiger partial charge on any atom is -0.491 e. The normalized spacial score (nSPS) is 23.9. The summed E-state index contributed by atoms with van der Waals surface area (Å²) in [5, 5.41) is 0. The summed E-state index contributed by atoms with van der Waals surface area (Å²) in [6.07, 6.45) is 1.86. The van der Waals surface area contributed by atoms with Gasteiger partial charge in [0.2, 0.25) is 10.0 Å². The molecule has 0 bridgehead atoms. The molecule has 1 aromatic carbocycles. The van der Waals surface area contributed by atoms with E-state index < -0.39 is 15.6 Å². The van der Waals surface area contributed by atoms with E-state index in [1.165, 1.54) is 16.1 Å². The Morgan fingerprint density at radius 1 is 1.30 bits per heavy atom. The number of sulfonamides is 1. The maximum atomic E-state index is 11.6. The van der Waals surface area contributed by atoms with E-state index >= 15 is 0 Å². The van der Waals surface area contributed by atoms with Gasteiger partial charge in [-0.1, -0.05) is 17.7 Å². The molecule has 1 aromatic rings. The highest BCUT2D eigenvalue weighted by Gasteiger charge is 2.42. The number of rotatable bonds is 5. The fraction of sp³-hybridized carbons (Fsp3) is 0.571. The monoisotopic (exact) mass is 299 g/mol. The number of hydrogen-bond donors (Lipinski definition) is 0. The third-order valence-corrected chi connectivity index (χ3v) is 4.96. The summed E-state index contributed by atoms with van der Waals surface area (Å²) in [7, 11) is -1.57. The number of hydrogen-bond acceptors (Lipinski definition) is 4. The van der Waals surface area contributed by atoms with Gasteiger partial charge in [0.05, 0.1) is 6.26 Å². The molecule has 0 radical (unpaired) electrons. The second kappa shape index (κ2) is 5.71. The van der Waals surface area contributed by atoms with Crippen LogP contribution in [0.3, 0.4) is 0 Å². The molecule has 2 rings (SSSR count). The van der Waals surface area contributed by atoms with Crippen LogP contribution in [-0.4, -0.2) is 51.4 Å². The van der Waals surface area contributed by atoms with Crippen molar-refractivity contribution in [2.75, 3.05) is 33.1 Å². The van der Waals surface area contributed by atoms with Gasteiger partial charge in [-0.2, -0.15) is 4.31 Å². The lowest BCUT2D eigenvalue weighted by atomic mass is 10.1. The Morgan fingerprint density at radius 2 is 1.95 bits per heavy atom. The predicted molar refractivity (Wildman–Crippen MR) is 77.4 cm³/mol. The molecule has 0 saturated carbocycles. The molecule has 1 atom stereocenters. The van der Waals surface area contributed by atoms with Crippen LogP contribution in [0.5, 0.6) is 5.75 Å². The lowest BCUT2D eigenvalue weighted by molar-refractivity contribution is -0.0317. The van der Waals surface area contributed by atoms with Gasteiger partial charge in [0.15, 0.2) is 0 Å². The summed E-state index contributed by atoms with van der Waals surface area (Å²) < 4.78 is 35.9. The molecule has 0 aromatic heterocycles. The van der Waals surface area contributed by atoms with Crippen LogP contribution in [0.2, 0.25) is 0 Å². The number of aryl methyl sites for hydroxylation is 1. The number of nitrogens with zero attached hydrogens (tertiary/aromatic N) is 1. The highest BCUT2D eigenvalue weighted by molar-refractivity contribution is 7.88. The van der Waals surface area contributed by atoms with Crippen LogP contribution in [0.1, 0.15) is 12.0 Å². The van der Waals surface area contributed by atoms with E-state index in [-0.39, 0.29) is 0 Å². The molecule has 1 heterocycles. The van der Waals surface area contributed by atoms with Crippen LogP contribution in [0.25, 0.3) is 0 Å². The summed E-state index contributed by atoms with van der Waals surface area (Å²) in [5.41, 5.74) is 0.608. The van der Waals surface area contributed by atoms with E-state index in [1.54, 1.807) is 7.11 Å². The Bertz CT molecular complexity index is 555. The zero-order valence-electron chi connectivity index (χ0n) is 12.1. The molecule has 5 nitrogen and oxygen atoms in total. The van der Waals surface area contributed by atoms with E-state index in [0.717, 1.165) is 5.75 Å². The molecule has 0 N–H and O–H groups in total. The first-order valence-corrected chi connectivity index (χ1v) is 8.39. The molecule has 1 aliphatic heterocycles. The zero-order valence-corrected chi connectivity index (χ0v) is 12.9. The zero-order chi connectivity index (χ0) is 14.8. The summed E-state index contributed by atoms with van der Waals surface area (Å²) >= 11 is 0. The first kappa shape index (κ1) is 15.3. The second-order valence-corrected chi connectivity index (χ2v) is 7.32. The fourth-order valence-corrected chi connectivity index (χ4v) is 3.18. The van der Waals surface area contributed by atoms with Crippen molar-refractivity contribution < 1.29 is 17.9 Å². The molecule has 0 spiro atoms. The largest absolute Gasteiger partial charge is 0.491 e. The molecular formula is C14H21NO4S. The molecule has 0 aliphatic carbocycles. The Morgan fingerprint density at radius 3 is 2.45 bits per heavy atom. The lowest BCUT2D eigenvalue weighted by Gasteiger charge is -2.27. The van der Waals surface area contributed by atoms with Crippen LogP contribution >= 0.6 is 0 Å². The third kappa shape index (κ3) is 3.50. The maximum absolute atomic E-state index is 11.6. The summed E-state index contributed by atoms with van der Waals surface area (Å²) in [6.45, 7) is 3.18. The van der Waals surface area contributed by atoms with Gasteiger partial charge in [-0.3, -0.25) is 0 Å². The first-order valence-electron chi connectivity index (χ1n) is 6.54. The van der Waals surface area contributed by atoms with Crippen LogP contribution in [-0.2, 0) is 14.8 Å². The molecule has 1 fully saturated rings. The molecular weight excluding hydrogens is 278 g/mol. The van der Waals surface area contributed by atoms with Gasteiger partial charge in [-0.15, -0.1) is 0 Å². The smallest absolute Gasteiger partial charge is 0.211 e. The summed E-state index contributed by atoms with van der Waals surface area (Å²) in [4.78, 5) is 0. The van der Waals surface area contributed by atoms with Crippen molar-refractivity contribution in [2.45, 2.75) is 18.9 Å². The molecule has 6 heteroatoms. The molecule has 20 heavy (non-hydrogen) atoms. The van der Waals surface area contributed by atoms with Gasteiger partial charge in [-0.05, 0) is 25.5 Å². The van der Waals surface area contributed by atoms with Gasteiger partial charge < -0.3 is 9.47 Å². The molecule has 0 amide bonds. The molecule has 0 unspecified atom stereocenters. The number of benzene rings is 1. The van der Waals surface area contributed by atoms with Crippen molar-refractivity contribution in [3.63, 3.8) is 0 Å². The molecule has 1 aliphatic rings. The predicted octanol–water partition coefficient (Wildman–Crippen LogP) is 1.42. The summed E-state index contributed by atoms with van der Waals surface area (Å²) in [5.74, 6) is 0.768. The third-order valence-electron chi connectivity index (χ3n) is 3.71. The topological polar surface area (TPSA) is 55.8 Å². The van der Waals surface area contributed by atoms with Crippen molar-refractivity contribution in [2.24, 2.45) is 0 Å². The lowest BCUT2D eigenvalue weighted by Crippen LogP contribution is -2.42. The Hall–Kier alpha value is -1.11. The quantitative estimate of drug-likeness (QED) is 0.825. The van der Waals surface area contributed by atoms with Gasteiger partial charge in [0.25, 0.3) is 0 Å². The highest BCUT2D eigenvalue weighted by Crippen LogP contribution is 2.27. The minimum atomic E-state index is -3.17. The van der Waals surface area contributed by atoms with Crippen LogP contribution in [0.4, 0.5) is 0 Å². The van der Waals surface area contributed by atoms with E-state index in [2.05, 4.69) is 0 Å². The van der Waals surface area contributed by atoms with Crippen LogP contribution in [0, 0.1) is 6.92 Å². The Balaban J connectivity index is 2.01. The standard InChI is InChI=1S/C14H21NO4S/c1-12-4-6-13(7-5-12)19-11-14(18-2)8-9-15(10-14)20(3,16)17/h4-7H,8-11H2,1-3H3/t14-/m0/s1.